The second-order valence-electron chi connectivity index (χ2n) is 10.5. The van der Waals surface area contributed by atoms with Gasteiger partial charge in [0.1, 0.15) is 24.3 Å². The fourth-order valence-electron chi connectivity index (χ4n) is 5.81. The van der Waals surface area contributed by atoms with Gasteiger partial charge >= 0.3 is 12.3 Å². The van der Waals surface area contributed by atoms with Crippen LogP contribution in [0.1, 0.15) is 92.0 Å². The van der Waals surface area contributed by atoms with E-state index in [2.05, 4.69) is 26.2 Å². The van der Waals surface area contributed by atoms with Gasteiger partial charge in [-0.3, -0.25) is 4.68 Å². The van der Waals surface area contributed by atoms with Crippen LogP contribution in [-0.4, -0.2) is 36.7 Å². The van der Waals surface area contributed by atoms with E-state index in [9.17, 15) is 18.0 Å². The average molecular weight is 547 g/mol. The zero-order valence-corrected chi connectivity index (χ0v) is 21.8. The molecule has 1 aromatic carbocycles. The number of ether oxygens (including phenoxy) is 2. The van der Waals surface area contributed by atoms with Gasteiger partial charge < -0.3 is 19.8 Å². The van der Waals surface area contributed by atoms with E-state index < -0.39 is 17.8 Å². The number of carbonyl (C=O) groups is 1. The summed E-state index contributed by atoms with van der Waals surface area (Å²) in [5.41, 5.74) is 5.62. The first-order chi connectivity index (χ1) is 18.7. The summed E-state index contributed by atoms with van der Waals surface area (Å²) >= 11 is 0. The molecular formula is C27H33F3N6O3. The van der Waals surface area contributed by atoms with Crippen LogP contribution in [0.15, 0.2) is 36.7 Å². The van der Waals surface area contributed by atoms with E-state index >= 15 is 0 Å². The minimum atomic E-state index is -4.42. The van der Waals surface area contributed by atoms with Gasteiger partial charge in [-0.25, -0.2) is 4.79 Å². The molecule has 2 aromatic heterocycles. The highest BCUT2D eigenvalue weighted by atomic mass is 19.4. The molecule has 12 heteroatoms. The molecule has 0 saturated heterocycles. The van der Waals surface area contributed by atoms with E-state index in [1.807, 2.05) is 17.8 Å². The quantitative estimate of drug-likeness (QED) is 0.411. The van der Waals surface area contributed by atoms with E-state index in [-0.39, 0.29) is 24.4 Å². The SMILES string of the molecule is Cn1c(COc2cccc(C(F)(F)F)c2)nnc1C1CCC(n2cc(C3CCC(OC(N)=O)CC3)cn2)CC1. The van der Waals surface area contributed by atoms with E-state index in [1.54, 1.807) is 0 Å². The van der Waals surface area contributed by atoms with Crippen LogP contribution in [0.2, 0.25) is 0 Å². The lowest BCUT2D eigenvalue weighted by Crippen LogP contribution is -2.26. The van der Waals surface area contributed by atoms with Crippen LogP contribution < -0.4 is 10.5 Å². The summed E-state index contributed by atoms with van der Waals surface area (Å²) < 4.78 is 53.6. The molecule has 0 radical (unpaired) electrons. The van der Waals surface area contributed by atoms with E-state index in [0.29, 0.717) is 17.8 Å². The van der Waals surface area contributed by atoms with Gasteiger partial charge in [-0.2, -0.15) is 18.3 Å². The van der Waals surface area contributed by atoms with E-state index in [1.165, 1.54) is 17.7 Å². The fraction of sp³-hybridized carbons (Fsp3) is 0.556. The Labute approximate surface area is 224 Å². The Hall–Kier alpha value is -3.57. The normalized spacial score (nSPS) is 23.9. The van der Waals surface area contributed by atoms with Crippen LogP contribution in [0.4, 0.5) is 18.0 Å². The number of carbonyl (C=O) groups excluding carboxylic acids is 1. The third-order valence-electron chi connectivity index (χ3n) is 8.01. The monoisotopic (exact) mass is 546 g/mol. The Morgan fingerprint density at radius 3 is 2.46 bits per heavy atom. The minimum absolute atomic E-state index is 0.0345. The second kappa shape index (κ2) is 11.3. The Kier molecular flexibility index (Phi) is 7.81. The molecule has 2 N–H and O–H groups in total. The molecule has 0 spiro atoms. The Balaban J connectivity index is 1.13. The highest BCUT2D eigenvalue weighted by Crippen LogP contribution is 2.39. The third-order valence-corrected chi connectivity index (χ3v) is 8.01. The Bertz CT molecular complexity index is 1270. The van der Waals surface area contributed by atoms with Crippen molar-refractivity contribution in [2.75, 3.05) is 0 Å². The van der Waals surface area contributed by atoms with Crippen LogP contribution in [0.3, 0.4) is 0 Å². The molecule has 5 rings (SSSR count). The number of nitrogens with two attached hydrogens (primary N) is 1. The molecule has 0 bridgehead atoms. The maximum absolute atomic E-state index is 13.0. The van der Waals surface area contributed by atoms with Gasteiger partial charge in [0.15, 0.2) is 5.82 Å². The molecule has 0 atom stereocenters. The maximum atomic E-state index is 13.0. The molecule has 2 heterocycles. The standard InChI is InChI=1S/C27H33F3N6O3/c1-35-24(16-38-23-4-2-3-20(13-23)27(28,29)30)33-34-25(35)18-5-9-21(10-6-18)36-15-19(14-32-36)17-7-11-22(12-8-17)39-26(31)37/h2-4,13-15,17-18,21-22H,5-12,16H2,1H3,(H2,31,37). The summed E-state index contributed by atoms with van der Waals surface area (Å²) in [6.07, 6.45) is 6.25. The third kappa shape index (κ3) is 6.36. The van der Waals surface area contributed by atoms with Crippen molar-refractivity contribution in [1.29, 1.82) is 0 Å². The smallest absolute Gasteiger partial charge is 0.416 e. The first-order valence-corrected chi connectivity index (χ1v) is 13.4. The highest BCUT2D eigenvalue weighted by Gasteiger charge is 2.31. The summed E-state index contributed by atoms with van der Waals surface area (Å²) in [5, 5.41) is 13.3. The van der Waals surface area contributed by atoms with Crippen molar-refractivity contribution in [3.05, 3.63) is 59.4 Å². The summed E-state index contributed by atoms with van der Waals surface area (Å²) in [6.45, 7) is 0.0345. The van der Waals surface area contributed by atoms with E-state index in [4.69, 9.17) is 15.2 Å². The maximum Gasteiger partial charge on any atom is 0.416 e. The van der Waals surface area contributed by atoms with Gasteiger partial charge in [0, 0.05) is 19.2 Å². The van der Waals surface area contributed by atoms with Crippen molar-refractivity contribution < 1.29 is 27.4 Å². The number of halogens is 3. The molecular weight excluding hydrogens is 513 g/mol. The number of aromatic nitrogens is 5. The zero-order chi connectivity index (χ0) is 27.6. The molecule has 210 valence electrons. The molecule has 0 unspecified atom stereocenters. The molecule has 0 aliphatic heterocycles. The largest absolute Gasteiger partial charge is 0.486 e. The average Bonchev–Trinajstić information content (AvgIpc) is 3.55. The first-order valence-electron chi connectivity index (χ1n) is 13.4. The van der Waals surface area contributed by atoms with Gasteiger partial charge in [-0.15, -0.1) is 10.2 Å². The van der Waals surface area contributed by atoms with Crippen LogP contribution in [0, 0.1) is 0 Å². The molecule has 2 fully saturated rings. The molecule has 2 saturated carbocycles. The minimum Gasteiger partial charge on any atom is -0.486 e. The molecule has 9 nitrogen and oxygen atoms in total. The fourth-order valence-corrected chi connectivity index (χ4v) is 5.81. The van der Waals surface area contributed by atoms with Crippen molar-refractivity contribution in [1.82, 2.24) is 24.5 Å². The summed E-state index contributed by atoms with van der Waals surface area (Å²) in [7, 11) is 1.87. The number of amides is 1. The van der Waals surface area contributed by atoms with Crippen LogP contribution in [-0.2, 0) is 24.6 Å². The van der Waals surface area contributed by atoms with Crippen molar-refractivity contribution in [3.63, 3.8) is 0 Å². The van der Waals surface area contributed by atoms with Crippen molar-refractivity contribution >= 4 is 6.09 Å². The lowest BCUT2D eigenvalue weighted by molar-refractivity contribution is -0.137. The summed E-state index contributed by atoms with van der Waals surface area (Å²) in [6, 6.07) is 5.15. The Morgan fingerprint density at radius 2 is 1.77 bits per heavy atom. The predicted octanol–water partition coefficient (Wildman–Crippen LogP) is 5.63. The second-order valence-corrected chi connectivity index (χ2v) is 10.5. The van der Waals surface area contributed by atoms with Gasteiger partial charge in [0.25, 0.3) is 0 Å². The van der Waals surface area contributed by atoms with Crippen molar-refractivity contribution in [2.24, 2.45) is 12.8 Å². The number of hydrogen-bond donors (Lipinski definition) is 1. The first kappa shape index (κ1) is 27.0. The van der Waals surface area contributed by atoms with Crippen molar-refractivity contribution in [3.8, 4) is 5.75 Å². The number of primary amides is 1. The Morgan fingerprint density at radius 1 is 1.05 bits per heavy atom. The van der Waals surface area contributed by atoms with Gasteiger partial charge in [-0.1, -0.05) is 6.07 Å². The molecule has 39 heavy (non-hydrogen) atoms. The lowest BCUT2D eigenvalue weighted by atomic mass is 9.83. The van der Waals surface area contributed by atoms with Gasteiger partial charge in [-0.05, 0) is 81.0 Å². The van der Waals surface area contributed by atoms with E-state index in [0.717, 1.165) is 69.3 Å². The van der Waals surface area contributed by atoms with Crippen molar-refractivity contribution in [2.45, 2.75) is 88.1 Å². The van der Waals surface area contributed by atoms with Crippen LogP contribution in [0.25, 0.3) is 0 Å². The molecule has 2 aliphatic carbocycles. The zero-order valence-electron chi connectivity index (χ0n) is 21.8. The topological polar surface area (TPSA) is 110 Å². The summed E-state index contributed by atoms with van der Waals surface area (Å²) in [4.78, 5) is 11.0. The molecule has 1 amide bonds. The van der Waals surface area contributed by atoms with Crippen LogP contribution in [0.5, 0.6) is 5.75 Å². The number of alkyl halides is 3. The number of benzene rings is 1. The van der Waals surface area contributed by atoms with Crippen LogP contribution >= 0.6 is 0 Å². The predicted molar refractivity (Wildman–Crippen MR) is 135 cm³/mol. The molecule has 3 aromatic rings. The summed E-state index contributed by atoms with van der Waals surface area (Å²) in [5.74, 6) is 2.24. The lowest BCUT2D eigenvalue weighted by Gasteiger charge is -2.28. The molecule has 2 aliphatic rings. The number of hydrogen-bond acceptors (Lipinski definition) is 6. The highest BCUT2D eigenvalue weighted by molar-refractivity contribution is 5.64. The van der Waals surface area contributed by atoms with Gasteiger partial charge in [0.05, 0.1) is 17.8 Å². The number of nitrogens with zero attached hydrogens (tertiary/aromatic N) is 5. The number of rotatable bonds is 7. The van der Waals surface area contributed by atoms with Gasteiger partial charge in [0.2, 0.25) is 0 Å².